The average Bonchev–Trinajstić information content (AvgIpc) is 2.57. The van der Waals surface area contributed by atoms with Gasteiger partial charge in [0.1, 0.15) is 5.60 Å². The summed E-state index contributed by atoms with van der Waals surface area (Å²) >= 11 is 6.09. The van der Waals surface area contributed by atoms with Crippen LogP contribution in [0.25, 0.3) is 0 Å². The molecule has 0 aliphatic carbocycles. The van der Waals surface area contributed by atoms with E-state index in [4.69, 9.17) is 20.8 Å². The number of rotatable bonds is 7. The third-order valence-electron chi connectivity index (χ3n) is 5.49. The topological polar surface area (TPSA) is 76.1 Å². The molecule has 8 heteroatoms. The minimum atomic E-state index is -2.32. The predicted molar refractivity (Wildman–Crippen MR) is 127 cm³/mol. The minimum Gasteiger partial charge on any atom is -0.465 e. The molecule has 0 aliphatic rings. The number of amides is 2. The van der Waals surface area contributed by atoms with Gasteiger partial charge >= 0.3 is 12.2 Å². The van der Waals surface area contributed by atoms with Gasteiger partial charge in [0.2, 0.25) is 0 Å². The Balaban J connectivity index is 3.57. The second-order valence-electron chi connectivity index (χ2n) is 10.3. The normalized spacial score (nSPS) is 14.6. The predicted octanol–water partition coefficient (Wildman–Crippen LogP) is 7.49. The van der Waals surface area contributed by atoms with Crippen molar-refractivity contribution in [2.75, 3.05) is 0 Å². The van der Waals surface area contributed by atoms with Crippen LogP contribution in [0.3, 0.4) is 0 Å². The Bertz CT molecular complexity index is 753. The van der Waals surface area contributed by atoms with Crippen LogP contribution in [0.15, 0.2) is 24.3 Å². The third kappa shape index (κ3) is 7.81. The molecule has 0 unspecified atom stereocenters. The van der Waals surface area contributed by atoms with Crippen molar-refractivity contribution in [3.05, 3.63) is 34.9 Å². The number of halogens is 1. The molecule has 31 heavy (non-hydrogen) atoms. The van der Waals surface area contributed by atoms with Gasteiger partial charge < -0.3 is 14.3 Å². The Morgan fingerprint density at radius 3 is 2.00 bits per heavy atom. The monoisotopic (exact) mass is 471 g/mol. The lowest BCUT2D eigenvalue weighted by atomic mass is 9.97. The standard InChI is InChI=1S/C23H38ClNO5Si/c1-10-11-18(25(20(26)27)21(28)29-22(2,3)4)19(16-12-14-17(24)15-13-16)30-31(8,9)23(5,6)7/h12-15,18-19H,10-11H2,1-9H3,(H,26,27)/t18-,19-/m1/s1. The molecular weight excluding hydrogens is 434 g/mol. The first kappa shape index (κ1) is 27.5. The lowest BCUT2D eigenvalue weighted by molar-refractivity contribution is -0.000724. The van der Waals surface area contributed by atoms with E-state index < -0.39 is 38.3 Å². The molecule has 1 aromatic rings. The zero-order chi connectivity index (χ0) is 24.2. The second-order valence-corrected chi connectivity index (χ2v) is 15.5. The SMILES string of the molecule is CCC[C@H]([C@H](O[Si](C)(C)C(C)(C)C)c1ccc(Cl)cc1)N(C(=O)O)C(=O)OC(C)(C)C. The fourth-order valence-corrected chi connectivity index (χ4v) is 4.30. The van der Waals surface area contributed by atoms with Crippen molar-refractivity contribution in [3.8, 4) is 0 Å². The molecule has 176 valence electrons. The number of carbonyl (C=O) groups excluding carboxylic acids is 1. The summed E-state index contributed by atoms with van der Waals surface area (Å²) < 4.78 is 12.2. The van der Waals surface area contributed by atoms with Gasteiger partial charge in [0.25, 0.3) is 0 Å². The maximum absolute atomic E-state index is 12.9. The van der Waals surface area contributed by atoms with Gasteiger partial charge in [0.05, 0.1) is 12.1 Å². The first-order valence-electron chi connectivity index (χ1n) is 10.7. The van der Waals surface area contributed by atoms with Gasteiger partial charge in [0.15, 0.2) is 8.32 Å². The summed E-state index contributed by atoms with van der Waals surface area (Å²) in [5.74, 6) is 0. The van der Waals surface area contributed by atoms with Gasteiger partial charge in [-0.05, 0) is 63.0 Å². The molecule has 0 fully saturated rings. The number of benzene rings is 1. The van der Waals surface area contributed by atoms with E-state index in [0.717, 1.165) is 10.5 Å². The van der Waals surface area contributed by atoms with Crippen molar-refractivity contribution in [1.82, 2.24) is 4.90 Å². The second kappa shape index (κ2) is 10.4. The van der Waals surface area contributed by atoms with Crippen LogP contribution in [0.2, 0.25) is 23.2 Å². The molecule has 2 amide bonds. The number of hydrogen-bond acceptors (Lipinski definition) is 4. The highest BCUT2D eigenvalue weighted by Crippen LogP contribution is 2.42. The quantitative estimate of drug-likeness (QED) is 0.417. The van der Waals surface area contributed by atoms with Crippen molar-refractivity contribution < 1.29 is 23.9 Å². The van der Waals surface area contributed by atoms with Crippen LogP contribution in [0.4, 0.5) is 9.59 Å². The van der Waals surface area contributed by atoms with E-state index in [2.05, 4.69) is 33.9 Å². The highest BCUT2D eigenvalue weighted by atomic mass is 35.5. The number of carboxylic acid groups (broad SMARTS) is 1. The zero-order valence-corrected chi connectivity index (χ0v) is 22.0. The maximum atomic E-state index is 12.9. The lowest BCUT2D eigenvalue weighted by Gasteiger charge is -2.43. The molecule has 0 heterocycles. The van der Waals surface area contributed by atoms with E-state index in [9.17, 15) is 14.7 Å². The number of ether oxygens (including phenoxy) is 1. The molecule has 1 rings (SSSR count). The summed E-state index contributed by atoms with van der Waals surface area (Å²) in [7, 11) is -2.32. The fraction of sp³-hybridized carbons (Fsp3) is 0.652. The molecule has 0 aliphatic heterocycles. The van der Waals surface area contributed by atoms with E-state index in [1.54, 1.807) is 32.9 Å². The van der Waals surface area contributed by atoms with E-state index in [1.807, 2.05) is 19.1 Å². The van der Waals surface area contributed by atoms with Gasteiger partial charge in [0, 0.05) is 5.02 Å². The Labute approximate surface area is 193 Å². The van der Waals surface area contributed by atoms with Crippen LogP contribution in [0, 0.1) is 0 Å². The third-order valence-corrected chi connectivity index (χ3v) is 10.2. The van der Waals surface area contributed by atoms with Crippen molar-refractivity contribution in [2.45, 2.75) is 97.2 Å². The number of nitrogens with zero attached hydrogens (tertiary/aromatic N) is 1. The van der Waals surface area contributed by atoms with Crippen molar-refractivity contribution >= 4 is 32.1 Å². The minimum absolute atomic E-state index is 0.103. The van der Waals surface area contributed by atoms with Crippen molar-refractivity contribution in [1.29, 1.82) is 0 Å². The molecule has 0 spiro atoms. The molecular formula is C23H38ClNO5Si. The first-order valence-corrected chi connectivity index (χ1v) is 14.0. The van der Waals surface area contributed by atoms with Crippen LogP contribution in [0.1, 0.15) is 73.0 Å². The Morgan fingerprint density at radius 1 is 1.10 bits per heavy atom. The molecule has 0 aromatic heterocycles. The maximum Gasteiger partial charge on any atom is 0.420 e. The largest absolute Gasteiger partial charge is 0.465 e. The number of imide groups is 1. The number of hydrogen-bond donors (Lipinski definition) is 1. The van der Waals surface area contributed by atoms with Gasteiger partial charge in [-0.3, -0.25) is 0 Å². The molecule has 0 radical (unpaired) electrons. The van der Waals surface area contributed by atoms with Crippen LogP contribution in [-0.4, -0.2) is 42.2 Å². The summed E-state index contributed by atoms with van der Waals surface area (Å²) in [5, 5.41) is 10.5. The lowest BCUT2D eigenvalue weighted by Crippen LogP contribution is -2.52. The molecule has 1 N–H and O–H groups in total. The molecule has 0 saturated heterocycles. The average molecular weight is 472 g/mol. The highest BCUT2D eigenvalue weighted by Gasteiger charge is 2.45. The van der Waals surface area contributed by atoms with Crippen LogP contribution in [-0.2, 0) is 9.16 Å². The molecule has 2 atom stereocenters. The fourth-order valence-electron chi connectivity index (χ4n) is 2.89. The summed E-state index contributed by atoms with van der Waals surface area (Å²) in [6, 6.07) is 6.42. The molecule has 6 nitrogen and oxygen atoms in total. The van der Waals surface area contributed by atoms with Crippen LogP contribution >= 0.6 is 11.6 Å². The molecule has 0 saturated carbocycles. The summed E-state index contributed by atoms with van der Waals surface area (Å²) in [6.45, 7) is 17.7. The summed E-state index contributed by atoms with van der Waals surface area (Å²) in [6.07, 6.45) is -1.78. The van der Waals surface area contributed by atoms with Crippen molar-refractivity contribution in [3.63, 3.8) is 0 Å². The van der Waals surface area contributed by atoms with E-state index in [1.165, 1.54) is 0 Å². The number of carbonyl (C=O) groups is 2. The van der Waals surface area contributed by atoms with Gasteiger partial charge in [-0.2, -0.15) is 0 Å². The van der Waals surface area contributed by atoms with Crippen LogP contribution < -0.4 is 0 Å². The van der Waals surface area contributed by atoms with Gasteiger partial charge in [-0.25, -0.2) is 14.5 Å². The summed E-state index contributed by atoms with van der Waals surface area (Å²) in [5.41, 5.74) is -0.0417. The Hall–Kier alpha value is -1.57. The molecule has 1 aromatic carbocycles. The van der Waals surface area contributed by atoms with Gasteiger partial charge in [-0.1, -0.05) is 57.8 Å². The zero-order valence-electron chi connectivity index (χ0n) is 20.3. The van der Waals surface area contributed by atoms with Crippen molar-refractivity contribution in [2.24, 2.45) is 0 Å². The van der Waals surface area contributed by atoms with E-state index in [0.29, 0.717) is 17.9 Å². The Kier molecular flexibility index (Phi) is 9.18. The van der Waals surface area contributed by atoms with Crippen LogP contribution in [0.5, 0.6) is 0 Å². The van der Waals surface area contributed by atoms with E-state index >= 15 is 0 Å². The smallest absolute Gasteiger partial charge is 0.420 e. The Morgan fingerprint density at radius 2 is 1.61 bits per heavy atom. The highest BCUT2D eigenvalue weighted by molar-refractivity contribution is 6.74. The summed E-state index contributed by atoms with van der Waals surface area (Å²) in [4.78, 5) is 26.0. The van der Waals surface area contributed by atoms with Gasteiger partial charge in [-0.15, -0.1) is 0 Å². The van der Waals surface area contributed by atoms with E-state index in [-0.39, 0.29) is 5.04 Å². The first-order chi connectivity index (χ1) is 14.0. The molecule has 0 bridgehead atoms.